The van der Waals surface area contributed by atoms with E-state index in [0.717, 1.165) is 12.0 Å². The first kappa shape index (κ1) is 23.9. The molecule has 0 bridgehead atoms. The van der Waals surface area contributed by atoms with E-state index in [2.05, 4.69) is 4.74 Å². The molecule has 0 unspecified atom stereocenters. The smallest absolute Gasteiger partial charge is 0.311 e. The number of methoxy groups -OCH3 is 1. The van der Waals surface area contributed by atoms with E-state index in [1.165, 1.54) is 13.2 Å². The molecule has 9 heteroatoms. The number of nitro benzene ring substituents is 1. The van der Waals surface area contributed by atoms with Gasteiger partial charge in [-0.25, -0.2) is 0 Å². The number of esters is 1. The number of ether oxygens (including phenoxy) is 2. The summed E-state index contributed by atoms with van der Waals surface area (Å²) in [5.41, 5.74) is 7.37. The number of hydrogen-bond acceptors (Lipinski definition) is 6. The fourth-order valence-corrected chi connectivity index (χ4v) is 2.64. The number of carbonyl (C=O) groups excluding carboxylic acids is 1. The number of nitrogen functional groups attached to an aromatic ring is 1. The molecule has 156 valence electrons. The molecule has 8 nitrogen and oxygen atoms in total. The minimum Gasteiger partial charge on any atom is -0.487 e. The summed E-state index contributed by atoms with van der Waals surface area (Å²) >= 11 is 0. The van der Waals surface area contributed by atoms with Crippen LogP contribution < -0.4 is 10.5 Å². The van der Waals surface area contributed by atoms with Crippen LogP contribution in [0.15, 0.2) is 42.5 Å². The summed E-state index contributed by atoms with van der Waals surface area (Å²) in [6, 6.07) is 11.7. The van der Waals surface area contributed by atoms with Gasteiger partial charge >= 0.3 is 11.7 Å². The van der Waals surface area contributed by atoms with Crippen LogP contribution in [0, 0.1) is 15.5 Å². The molecule has 2 rings (SSSR count). The van der Waals surface area contributed by atoms with Gasteiger partial charge in [0.25, 0.3) is 0 Å². The van der Waals surface area contributed by atoms with E-state index in [9.17, 15) is 14.9 Å². The minimum atomic E-state index is -0.472. The summed E-state index contributed by atoms with van der Waals surface area (Å²) < 4.78 is 10.1. The van der Waals surface area contributed by atoms with Gasteiger partial charge in [0.1, 0.15) is 5.84 Å². The maximum absolute atomic E-state index is 11.4. The summed E-state index contributed by atoms with van der Waals surface area (Å²) in [6.45, 7) is 0.328. The van der Waals surface area contributed by atoms with E-state index in [1.54, 1.807) is 36.4 Å². The van der Waals surface area contributed by atoms with Crippen molar-refractivity contribution >= 4 is 29.9 Å². The van der Waals surface area contributed by atoms with Crippen molar-refractivity contribution < 1.29 is 19.2 Å². The largest absolute Gasteiger partial charge is 0.487 e. The van der Waals surface area contributed by atoms with Crippen molar-refractivity contribution in [3.8, 4) is 16.9 Å². The lowest BCUT2D eigenvalue weighted by Crippen LogP contribution is -2.10. The highest BCUT2D eigenvalue weighted by atomic mass is 35.5. The number of unbranched alkanes of at least 4 members (excludes halogenated alkanes) is 2. The number of carbonyl (C=O) groups is 1. The Labute approximate surface area is 175 Å². The summed E-state index contributed by atoms with van der Waals surface area (Å²) in [7, 11) is 1.35. The van der Waals surface area contributed by atoms with Gasteiger partial charge in [-0.2, -0.15) is 0 Å². The monoisotopic (exact) mass is 421 g/mol. The van der Waals surface area contributed by atoms with E-state index < -0.39 is 4.92 Å². The molecule has 0 aliphatic rings. The highest BCUT2D eigenvalue weighted by molar-refractivity contribution is 5.95. The second-order valence-corrected chi connectivity index (χ2v) is 6.17. The molecular formula is C20H24ClN3O5. The molecule has 0 spiro atoms. The number of amidine groups is 1. The van der Waals surface area contributed by atoms with Gasteiger partial charge in [0.15, 0.2) is 5.75 Å². The summed E-state index contributed by atoms with van der Waals surface area (Å²) in [6.07, 6.45) is 2.49. The average Bonchev–Trinajstić information content (AvgIpc) is 2.70. The Morgan fingerprint density at radius 1 is 1.10 bits per heavy atom. The Morgan fingerprint density at radius 2 is 1.76 bits per heavy atom. The summed E-state index contributed by atoms with van der Waals surface area (Å²) in [5, 5.41) is 18.8. The number of nitrogens with zero attached hydrogens (tertiary/aromatic N) is 1. The molecule has 3 N–H and O–H groups in total. The molecule has 0 heterocycles. The lowest BCUT2D eigenvalue weighted by molar-refractivity contribution is -0.385. The maximum atomic E-state index is 11.4. The fraction of sp³-hybridized carbons (Fsp3) is 0.300. The molecule has 0 fully saturated rings. The van der Waals surface area contributed by atoms with E-state index in [-0.39, 0.29) is 35.6 Å². The molecule has 0 atom stereocenters. The van der Waals surface area contributed by atoms with Gasteiger partial charge in [-0.3, -0.25) is 20.3 Å². The van der Waals surface area contributed by atoms with Crippen LogP contribution in [-0.2, 0) is 9.53 Å². The predicted molar refractivity (Wildman–Crippen MR) is 113 cm³/mol. The summed E-state index contributed by atoms with van der Waals surface area (Å²) in [5.74, 6) is -0.0709. The number of rotatable bonds is 10. The lowest BCUT2D eigenvalue weighted by Gasteiger charge is -2.09. The van der Waals surface area contributed by atoms with Crippen LogP contribution in [-0.4, -0.2) is 30.4 Å². The summed E-state index contributed by atoms with van der Waals surface area (Å²) in [4.78, 5) is 22.0. The molecule has 0 aromatic heterocycles. The Hall–Kier alpha value is -3.13. The zero-order chi connectivity index (χ0) is 20.5. The molecule has 0 amide bonds. The molecule has 0 saturated carbocycles. The Morgan fingerprint density at radius 3 is 2.34 bits per heavy atom. The van der Waals surface area contributed by atoms with Crippen LogP contribution in [0.1, 0.15) is 31.2 Å². The number of halogens is 1. The molecule has 0 radical (unpaired) electrons. The van der Waals surface area contributed by atoms with Crippen molar-refractivity contribution in [2.45, 2.75) is 25.7 Å². The first-order valence-corrected chi connectivity index (χ1v) is 8.85. The molecule has 0 saturated heterocycles. The van der Waals surface area contributed by atoms with Crippen LogP contribution in [0.4, 0.5) is 5.69 Å². The maximum Gasteiger partial charge on any atom is 0.311 e. The minimum absolute atomic E-state index is 0. The predicted octanol–water partition coefficient (Wildman–Crippen LogP) is 4.08. The number of hydrogen-bond donors (Lipinski definition) is 2. The highest BCUT2D eigenvalue weighted by Crippen LogP contribution is 2.32. The Bertz CT molecular complexity index is 856. The Balaban J connectivity index is 0.00000420. The third-order valence-electron chi connectivity index (χ3n) is 4.20. The first-order chi connectivity index (χ1) is 13.4. The van der Waals surface area contributed by atoms with Crippen molar-refractivity contribution in [3.63, 3.8) is 0 Å². The number of benzene rings is 2. The topological polar surface area (TPSA) is 129 Å². The van der Waals surface area contributed by atoms with E-state index in [1.807, 2.05) is 0 Å². The van der Waals surface area contributed by atoms with Crippen molar-refractivity contribution in [1.29, 1.82) is 5.41 Å². The molecule has 0 aliphatic carbocycles. The molecular weight excluding hydrogens is 398 g/mol. The van der Waals surface area contributed by atoms with Crippen molar-refractivity contribution in [2.24, 2.45) is 5.73 Å². The average molecular weight is 422 g/mol. The van der Waals surface area contributed by atoms with Gasteiger partial charge < -0.3 is 15.2 Å². The normalized spacial score (nSPS) is 9.97. The van der Waals surface area contributed by atoms with E-state index in [4.69, 9.17) is 15.9 Å². The van der Waals surface area contributed by atoms with Gasteiger partial charge in [-0.15, -0.1) is 12.4 Å². The zero-order valence-corrected chi connectivity index (χ0v) is 16.9. The van der Waals surface area contributed by atoms with Crippen LogP contribution in [0.2, 0.25) is 0 Å². The lowest BCUT2D eigenvalue weighted by atomic mass is 10.0. The van der Waals surface area contributed by atoms with Gasteiger partial charge in [-0.1, -0.05) is 30.3 Å². The Kier molecular flexibility index (Phi) is 9.61. The second-order valence-electron chi connectivity index (χ2n) is 6.17. The quantitative estimate of drug-likeness (QED) is 0.148. The molecule has 29 heavy (non-hydrogen) atoms. The van der Waals surface area contributed by atoms with Crippen LogP contribution in [0.5, 0.6) is 5.75 Å². The zero-order valence-electron chi connectivity index (χ0n) is 16.1. The number of nitrogens with two attached hydrogens (primary N) is 1. The molecule has 2 aromatic rings. The standard InChI is InChI=1S/C20H23N3O5.ClH/c1-27-19(24)5-3-2-4-12-28-18-11-10-16(13-17(18)23(25)26)14-6-8-15(9-7-14)20(21)22;/h6-11,13H,2-5,12H2,1H3,(H3,21,22);1H. The van der Waals surface area contributed by atoms with Crippen molar-refractivity contribution in [3.05, 3.63) is 58.1 Å². The number of nitrogens with one attached hydrogen (secondary N) is 1. The number of nitro groups is 1. The van der Waals surface area contributed by atoms with Crippen LogP contribution in [0.25, 0.3) is 11.1 Å². The van der Waals surface area contributed by atoms with Crippen LogP contribution in [0.3, 0.4) is 0 Å². The van der Waals surface area contributed by atoms with Crippen molar-refractivity contribution in [2.75, 3.05) is 13.7 Å². The third kappa shape index (κ3) is 7.08. The van der Waals surface area contributed by atoms with Crippen molar-refractivity contribution in [1.82, 2.24) is 0 Å². The molecule has 2 aromatic carbocycles. The second kappa shape index (κ2) is 11.7. The molecule has 0 aliphatic heterocycles. The van der Waals surface area contributed by atoms with Gasteiger partial charge in [0.2, 0.25) is 0 Å². The van der Waals surface area contributed by atoms with Crippen LogP contribution >= 0.6 is 12.4 Å². The first-order valence-electron chi connectivity index (χ1n) is 8.85. The highest BCUT2D eigenvalue weighted by Gasteiger charge is 2.17. The van der Waals surface area contributed by atoms with Gasteiger partial charge in [-0.05, 0) is 36.5 Å². The SMILES string of the molecule is COC(=O)CCCCCOc1ccc(-c2ccc(C(=N)N)cc2)cc1[N+](=O)[O-].Cl. The van der Waals surface area contributed by atoms with Gasteiger partial charge in [0.05, 0.1) is 18.6 Å². The fourth-order valence-electron chi connectivity index (χ4n) is 2.64. The third-order valence-corrected chi connectivity index (χ3v) is 4.20. The van der Waals surface area contributed by atoms with Gasteiger partial charge in [0, 0.05) is 18.1 Å². The van der Waals surface area contributed by atoms with E-state index in [0.29, 0.717) is 37.0 Å². The van der Waals surface area contributed by atoms with E-state index >= 15 is 0 Å².